The number of urea groups is 1. The van der Waals surface area contributed by atoms with Crippen molar-refractivity contribution in [3.63, 3.8) is 0 Å². The summed E-state index contributed by atoms with van der Waals surface area (Å²) in [4.78, 5) is 36.2. The molecule has 0 spiro atoms. The van der Waals surface area contributed by atoms with Crippen molar-refractivity contribution in [2.75, 3.05) is 26.3 Å². The standard InChI is InChI=1S/C17H21N3O6/c21-9-11-1-3-12(4-2-11)26-14-10-25-6-5-13(14)19-15(22)8-20-16(23)7-18-17(20)24/h1-4,13-14,21H,5-10H2,(H,18,24)(H,19,22)/t13-,14-/m1/s1. The largest absolute Gasteiger partial charge is 0.486 e. The topological polar surface area (TPSA) is 117 Å². The number of hydrogen-bond donors (Lipinski definition) is 3. The minimum atomic E-state index is -0.561. The second kappa shape index (κ2) is 8.15. The van der Waals surface area contributed by atoms with Gasteiger partial charge in [-0.2, -0.15) is 0 Å². The summed E-state index contributed by atoms with van der Waals surface area (Å²) in [6.07, 6.45) is 0.168. The van der Waals surface area contributed by atoms with E-state index >= 15 is 0 Å². The number of benzene rings is 1. The van der Waals surface area contributed by atoms with Gasteiger partial charge in [-0.3, -0.25) is 14.5 Å². The fourth-order valence-electron chi connectivity index (χ4n) is 2.85. The highest BCUT2D eigenvalue weighted by atomic mass is 16.5. The number of carbonyl (C=O) groups excluding carboxylic acids is 3. The molecule has 140 valence electrons. The number of rotatable bonds is 6. The Morgan fingerprint density at radius 1 is 1.35 bits per heavy atom. The zero-order chi connectivity index (χ0) is 18.5. The van der Waals surface area contributed by atoms with Gasteiger partial charge < -0.3 is 25.2 Å². The highest BCUT2D eigenvalue weighted by Crippen LogP contribution is 2.18. The van der Waals surface area contributed by atoms with Gasteiger partial charge in [-0.05, 0) is 24.1 Å². The van der Waals surface area contributed by atoms with Crippen molar-refractivity contribution >= 4 is 17.8 Å². The lowest BCUT2D eigenvalue weighted by Crippen LogP contribution is -2.53. The van der Waals surface area contributed by atoms with Crippen LogP contribution in [0.15, 0.2) is 24.3 Å². The highest BCUT2D eigenvalue weighted by molar-refractivity contribution is 6.04. The van der Waals surface area contributed by atoms with Crippen molar-refractivity contribution in [1.82, 2.24) is 15.5 Å². The average Bonchev–Trinajstić information content (AvgIpc) is 2.96. The van der Waals surface area contributed by atoms with E-state index in [9.17, 15) is 14.4 Å². The Labute approximate surface area is 150 Å². The van der Waals surface area contributed by atoms with Crippen LogP contribution < -0.4 is 15.4 Å². The fourth-order valence-corrected chi connectivity index (χ4v) is 2.85. The molecular weight excluding hydrogens is 342 g/mol. The number of ether oxygens (including phenoxy) is 2. The molecular formula is C17H21N3O6. The molecule has 0 aromatic heterocycles. The van der Waals surface area contributed by atoms with Crippen molar-refractivity contribution in [2.45, 2.75) is 25.2 Å². The lowest BCUT2D eigenvalue weighted by molar-refractivity contribution is -0.131. The molecule has 1 aromatic rings. The average molecular weight is 363 g/mol. The molecule has 2 atom stereocenters. The molecule has 3 N–H and O–H groups in total. The van der Waals surface area contributed by atoms with Gasteiger partial charge in [0.1, 0.15) is 18.4 Å². The minimum absolute atomic E-state index is 0.0473. The molecule has 9 nitrogen and oxygen atoms in total. The Bertz CT molecular complexity index is 662. The zero-order valence-corrected chi connectivity index (χ0v) is 14.1. The van der Waals surface area contributed by atoms with E-state index in [0.29, 0.717) is 25.4 Å². The van der Waals surface area contributed by atoms with E-state index in [4.69, 9.17) is 14.6 Å². The number of nitrogens with zero attached hydrogens (tertiary/aromatic N) is 1. The number of carbonyl (C=O) groups is 3. The molecule has 1 aromatic carbocycles. The summed E-state index contributed by atoms with van der Waals surface area (Å²) in [5.41, 5.74) is 0.774. The molecule has 0 unspecified atom stereocenters. The van der Waals surface area contributed by atoms with Crippen LogP contribution in [-0.2, 0) is 20.9 Å². The first-order chi connectivity index (χ1) is 12.6. The maximum absolute atomic E-state index is 12.2. The van der Waals surface area contributed by atoms with Crippen molar-refractivity contribution in [3.8, 4) is 5.75 Å². The van der Waals surface area contributed by atoms with Crippen LogP contribution in [0, 0.1) is 0 Å². The summed E-state index contributed by atoms with van der Waals surface area (Å²) < 4.78 is 11.3. The van der Waals surface area contributed by atoms with Gasteiger partial charge in [-0.1, -0.05) is 12.1 Å². The first-order valence-electron chi connectivity index (χ1n) is 8.38. The first kappa shape index (κ1) is 18.2. The summed E-state index contributed by atoms with van der Waals surface area (Å²) in [5, 5.41) is 14.3. The molecule has 2 fully saturated rings. The van der Waals surface area contributed by atoms with Crippen LogP contribution in [0.2, 0.25) is 0 Å². The van der Waals surface area contributed by atoms with Gasteiger partial charge >= 0.3 is 6.03 Å². The summed E-state index contributed by atoms with van der Waals surface area (Å²) in [5.74, 6) is -0.244. The van der Waals surface area contributed by atoms with Crippen molar-refractivity contribution in [3.05, 3.63) is 29.8 Å². The van der Waals surface area contributed by atoms with Crippen LogP contribution >= 0.6 is 0 Å². The van der Waals surface area contributed by atoms with Crippen LogP contribution in [0.4, 0.5) is 4.79 Å². The third-order valence-electron chi connectivity index (χ3n) is 4.28. The third kappa shape index (κ3) is 4.30. The Morgan fingerprint density at radius 3 is 2.77 bits per heavy atom. The maximum atomic E-state index is 12.2. The van der Waals surface area contributed by atoms with Crippen LogP contribution in [0.1, 0.15) is 12.0 Å². The van der Waals surface area contributed by atoms with Gasteiger partial charge in [0.15, 0.2) is 0 Å². The van der Waals surface area contributed by atoms with Gasteiger partial charge in [-0.25, -0.2) is 4.79 Å². The van der Waals surface area contributed by atoms with E-state index in [1.807, 2.05) is 0 Å². The lowest BCUT2D eigenvalue weighted by atomic mass is 10.1. The maximum Gasteiger partial charge on any atom is 0.325 e. The molecule has 0 bridgehead atoms. The minimum Gasteiger partial charge on any atom is -0.486 e. The molecule has 3 rings (SSSR count). The Morgan fingerprint density at radius 2 is 2.12 bits per heavy atom. The Hall–Kier alpha value is -2.65. The van der Waals surface area contributed by atoms with Crippen molar-refractivity contribution < 1.29 is 29.0 Å². The van der Waals surface area contributed by atoms with Gasteiger partial charge in [0.2, 0.25) is 5.91 Å². The fraction of sp³-hybridized carbons (Fsp3) is 0.471. The molecule has 4 amide bonds. The zero-order valence-electron chi connectivity index (χ0n) is 14.1. The van der Waals surface area contributed by atoms with E-state index in [1.54, 1.807) is 24.3 Å². The van der Waals surface area contributed by atoms with Crippen molar-refractivity contribution in [2.24, 2.45) is 0 Å². The number of imide groups is 1. The van der Waals surface area contributed by atoms with Crippen molar-refractivity contribution in [1.29, 1.82) is 0 Å². The number of nitrogens with one attached hydrogen (secondary N) is 2. The van der Waals surface area contributed by atoms with E-state index < -0.39 is 23.9 Å². The van der Waals surface area contributed by atoms with Crippen LogP contribution in [0.25, 0.3) is 0 Å². The molecule has 0 saturated carbocycles. The molecule has 26 heavy (non-hydrogen) atoms. The molecule has 0 aliphatic carbocycles. The summed E-state index contributed by atoms with van der Waals surface area (Å²) >= 11 is 0. The number of aliphatic hydroxyl groups excluding tert-OH is 1. The predicted molar refractivity (Wildman–Crippen MR) is 89.3 cm³/mol. The third-order valence-corrected chi connectivity index (χ3v) is 4.28. The monoisotopic (exact) mass is 363 g/mol. The first-order valence-corrected chi connectivity index (χ1v) is 8.38. The smallest absolute Gasteiger partial charge is 0.325 e. The molecule has 2 aliphatic rings. The molecule has 2 aliphatic heterocycles. The Balaban J connectivity index is 1.58. The van der Waals surface area contributed by atoms with Gasteiger partial charge in [0, 0.05) is 6.61 Å². The summed E-state index contributed by atoms with van der Waals surface area (Å²) in [6.45, 7) is 0.348. The number of hydrogen-bond acceptors (Lipinski definition) is 6. The molecule has 2 heterocycles. The van der Waals surface area contributed by atoms with Gasteiger partial charge in [0.25, 0.3) is 5.91 Å². The van der Waals surface area contributed by atoms with Gasteiger partial charge in [0.05, 0.1) is 25.8 Å². The second-order valence-electron chi connectivity index (χ2n) is 6.13. The summed E-state index contributed by atoms with van der Waals surface area (Å²) in [7, 11) is 0. The lowest BCUT2D eigenvalue weighted by Gasteiger charge is -2.32. The van der Waals surface area contributed by atoms with Crippen LogP contribution in [0.3, 0.4) is 0 Å². The van der Waals surface area contributed by atoms with Gasteiger partial charge in [-0.15, -0.1) is 0 Å². The number of amides is 4. The predicted octanol–water partition coefficient (Wildman–Crippen LogP) is -0.617. The number of aliphatic hydroxyl groups is 1. The normalized spacial score (nSPS) is 22.9. The van der Waals surface area contributed by atoms with E-state index in [1.165, 1.54) is 0 Å². The highest BCUT2D eigenvalue weighted by Gasteiger charge is 2.33. The summed E-state index contributed by atoms with van der Waals surface area (Å²) in [6, 6.07) is 6.14. The van der Waals surface area contributed by atoms with E-state index in [-0.39, 0.29) is 25.7 Å². The Kier molecular flexibility index (Phi) is 5.69. The molecule has 9 heteroatoms. The van der Waals surface area contributed by atoms with Crippen LogP contribution in [0.5, 0.6) is 5.75 Å². The molecule has 2 saturated heterocycles. The molecule has 0 radical (unpaired) electrons. The van der Waals surface area contributed by atoms with E-state index in [2.05, 4.69) is 10.6 Å². The second-order valence-corrected chi connectivity index (χ2v) is 6.13. The SMILES string of the molecule is O=C(CN1C(=O)CNC1=O)N[C@@H]1CCOC[C@H]1Oc1ccc(CO)cc1. The quantitative estimate of drug-likeness (QED) is 0.580. The van der Waals surface area contributed by atoms with E-state index in [0.717, 1.165) is 10.5 Å². The van der Waals surface area contributed by atoms with Crippen LogP contribution in [-0.4, -0.2) is 66.3 Å².